The molecule has 0 amide bonds. The van der Waals surface area contributed by atoms with Crippen molar-refractivity contribution in [3.8, 4) is 5.75 Å². The third-order valence-corrected chi connectivity index (χ3v) is 3.36. The van der Waals surface area contributed by atoms with Gasteiger partial charge in [-0.15, -0.1) is 0 Å². The summed E-state index contributed by atoms with van der Waals surface area (Å²) in [6, 6.07) is 6.26. The van der Waals surface area contributed by atoms with E-state index in [0.29, 0.717) is 19.1 Å². The molecule has 21 heavy (non-hydrogen) atoms. The van der Waals surface area contributed by atoms with Crippen LogP contribution >= 0.6 is 0 Å². The summed E-state index contributed by atoms with van der Waals surface area (Å²) in [6.07, 6.45) is 2.31. The van der Waals surface area contributed by atoms with E-state index < -0.39 is 6.10 Å². The fourth-order valence-corrected chi connectivity index (χ4v) is 2.23. The van der Waals surface area contributed by atoms with E-state index in [-0.39, 0.29) is 6.61 Å². The number of hydrogen-bond donors (Lipinski definition) is 4. The summed E-state index contributed by atoms with van der Waals surface area (Å²) in [5.41, 5.74) is 7.89. The first-order valence-electron chi connectivity index (χ1n) is 7.44. The summed E-state index contributed by atoms with van der Waals surface area (Å²) in [6.45, 7) is 5.53. The number of rotatable bonds is 8. The van der Waals surface area contributed by atoms with Crippen LogP contribution in [0, 0.1) is 0 Å². The Hall–Kier alpha value is -1.56. The van der Waals surface area contributed by atoms with Crippen LogP contribution in [0.4, 0.5) is 0 Å². The molecular weight excluding hydrogens is 266 g/mol. The van der Waals surface area contributed by atoms with Gasteiger partial charge < -0.3 is 25.9 Å². The SMILES string of the molecule is CC(C)NC[C@H](O)COc1ccc2[nH]cc(CCN)c2c1. The monoisotopic (exact) mass is 291 g/mol. The van der Waals surface area contributed by atoms with E-state index >= 15 is 0 Å². The zero-order valence-corrected chi connectivity index (χ0v) is 12.7. The fraction of sp³-hybridized carbons (Fsp3) is 0.500. The van der Waals surface area contributed by atoms with Crippen LogP contribution in [0.15, 0.2) is 24.4 Å². The summed E-state index contributed by atoms with van der Waals surface area (Å²) >= 11 is 0. The first-order valence-corrected chi connectivity index (χ1v) is 7.44. The first kappa shape index (κ1) is 15.8. The van der Waals surface area contributed by atoms with Gasteiger partial charge in [-0.25, -0.2) is 0 Å². The van der Waals surface area contributed by atoms with Gasteiger partial charge in [-0.05, 0) is 36.7 Å². The summed E-state index contributed by atoms with van der Waals surface area (Å²) in [7, 11) is 0. The maximum Gasteiger partial charge on any atom is 0.120 e. The number of aromatic amines is 1. The smallest absolute Gasteiger partial charge is 0.120 e. The van der Waals surface area contributed by atoms with Gasteiger partial charge in [0.05, 0.1) is 0 Å². The Labute approximate surface area is 125 Å². The normalized spacial score (nSPS) is 13.0. The van der Waals surface area contributed by atoms with Gasteiger partial charge in [0, 0.05) is 29.7 Å². The van der Waals surface area contributed by atoms with Gasteiger partial charge in [0.1, 0.15) is 18.5 Å². The molecule has 1 heterocycles. The highest BCUT2D eigenvalue weighted by molar-refractivity contribution is 5.84. The predicted molar refractivity (Wildman–Crippen MR) is 85.7 cm³/mol. The minimum atomic E-state index is -0.516. The van der Waals surface area contributed by atoms with E-state index in [2.05, 4.69) is 10.3 Å². The van der Waals surface area contributed by atoms with Crippen LogP contribution in [0.3, 0.4) is 0 Å². The Morgan fingerprint density at radius 2 is 2.19 bits per heavy atom. The summed E-state index contributed by atoms with van der Waals surface area (Å²) in [5, 5.41) is 14.2. The van der Waals surface area contributed by atoms with E-state index in [0.717, 1.165) is 23.1 Å². The summed E-state index contributed by atoms with van der Waals surface area (Å²) < 4.78 is 5.68. The molecule has 0 saturated heterocycles. The molecule has 1 atom stereocenters. The van der Waals surface area contributed by atoms with Gasteiger partial charge in [-0.1, -0.05) is 13.8 Å². The third kappa shape index (κ3) is 4.46. The van der Waals surface area contributed by atoms with Gasteiger partial charge >= 0.3 is 0 Å². The van der Waals surface area contributed by atoms with Crippen molar-refractivity contribution >= 4 is 10.9 Å². The number of aliphatic hydroxyl groups excluding tert-OH is 1. The average Bonchev–Trinajstić information content (AvgIpc) is 2.86. The first-order chi connectivity index (χ1) is 10.1. The minimum absolute atomic E-state index is 0.280. The number of benzene rings is 1. The summed E-state index contributed by atoms with van der Waals surface area (Å²) in [5.74, 6) is 0.768. The Kier molecular flexibility index (Phi) is 5.61. The molecular formula is C16H25N3O2. The lowest BCUT2D eigenvalue weighted by Gasteiger charge is -2.15. The van der Waals surface area contributed by atoms with Crippen LogP contribution < -0.4 is 15.8 Å². The maximum atomic E-state index is 9.86. The van der Waals surface area contributed by atoms with Crippen molar-refractivity contribution in [1.29, 1.82) is 0 Å². The van der Waals surface area contributed by atoms with Crippen molar-refractivity contribution in [2.24, 2.45) is 5.73 Å². The molecule has 0 spiro atoms. The van der Waals surface area contributed by atoms with Crippen LogP contribution in [-0.2, 0) is 6.42 Å². The second-order valence-corrected chi connectivity index (χ2v) is 5.59. The number of aromatic nitrogens is 1. The van der Waals surface area contributed by atoms with Crippen molar-refractivity contribution in [2.75, 3.05) is 19.7 Å². The Balaban J connectivity index is 1.97. The molecule has 0 unspecified atom stereocenters. The van der Waals surface area contributed by atoms with Crippen LogP contribution in [-0.4, -0.2) is 41.9 Å². The molecule has 5 nitrogen and oxygen atoms in total. The molecule has 0 fully saturated rings. The number of H-pyrrole nitrogens is 1. The molecule has 5 heteroatoms. The number of hydrogen-bond acceptors (Lipinski definition) is 4. The maximum absolute atomic E-state index is 9.86. The Morgan fingerprint density at radius 3 is 2.90 bits per heavy atom. The molecule has 1 aromatic heterocycles. The zero-order chi connectivity index (χ0) is 15.2. The minimum Gasteiger partial charge on any atom is -0.491 e. The van der Waals surface area contributed by atoms with E-state index in [1.54, 1.807) is 0 Å². The van der Waals surface area contributed by atoms with Crippen molar-refractivity contribution in [3.05, 3.63) is 30.0 Å². The molecule has 5 N–H and O–H groups in total. The van der Waals surface area contributed by atoms with Gasteiger partial charge in [0.15, 0.2) is 0 Å². The van der Waals surface area contributed by atoms with Gasteiger partial charge in [-0.3, -0.25) is 0 Å². The average molecular weight is 291 g/mol. The van der Waals surface area contributed by atoms with Crippen LogP contribution in [0.1, 0.15) is 19.4 Å². The van der Waals surface area contributed by atoms with E-state index in [9.17, 15) is 5.11 Å². The van der Waals surface area contributed by atoms with E-state index in [1.807, 2.05) is 38.2 Å². The van der Waals surface area contributed by atoms with Crippen molar-refractivity contribution < 1.29 is 9.84 Å². The van der Waals surface area contributed by atoms with E-state index in [1.165, 1.54) is 5.56 Å². The Morgan fingerprint density at radius 1 is 1.38 bits per heavy atom. The zero-order valence-electron chi connectivity index (χ0n) is 12.7. The van der Waals surface area contributed by atoms with Gasteiger partial charge in [-0.2, -0.15) is 0 Å². The van der Waals surface area contributed by atoms with Crippen LogP contribution in [0.2, 0.25) is 0 Å². The quantitative estimate of drug-likeness (QED) is 0.592. The van der Waals surface area contributed by atoms with Crippen molar-refractivity contribution in [1.82, 2.24) is 10.3 Å². The predicted octanol–water partition coefficient (Wildman–Crippen LogP) is 1.41. The molecule has 0 radical (unpaired) electrons. The largest absolute Gasteiger partial charge is 0.491 e. The molecule has 0 bridgehead atoms. The lowest BCUT2D eigenvalue weighted by molar-refractivity contribution is 0.105. The molecule has 1 aromatic carbocycles. The molecule has 0 saturated carbocycles. The summed E-state index contributed by atoms with van der Waals surface area (Å²) in [4.78, 5) is 3.23. The lowest BCUT2D eigenvalue weighted by Crippen LogP contribution is -2.35. The highest BCUT2D eigenvalue weighted by atomic mass is 16.5. The molecule has 0 aliphatic carbocycles. The number of nitrogens with one attached hydrogen (secondary N) is 2. The number of ether oxygens (including phenoxy) is 1. The highest BCUT2D eigenvalue weighted by Gasteiger charge is 2.08. The van der Waals surface area contributed by atoms with Gasteiger partial charge in [0.2, 0.25) is 0 Å². The highest BCUT2D eigenvalue weighted by Crippen LogP contribution is 2.24. The van der Waals surface area contributed by atoms with Gasteiger partial charge in [0.25, 0.3) is 0 Å². The molecule has 2 aromatic rings. The molecule has 0 aliphatic rings. The number of aliphatic hydroxyl groups is 1. The fourth-order valence-electron chi connectivity index (χ4n) is 2.23. The van der Waals surface area contributed by atoms with Crippen molar-refractivity contribution in [2.45, 2.75) is 32.4 Å². The standard InChI is InChI=1S/C16H25N3O2/c1-11(2)18-9-13(20)10-21-14-3-4-16-15(7-14)12(5-6-17)8-19-16/h3-4,7-8,11,13,18-20H,5-6,9-10,17H2,1-2H3/t13-/m0/s1. The van der Waals surface area contributed by atoms with E-state index in [4.69, 9.17) is 10.5 Å². The van der Waals surface area contributed by atoms with Crippen LogP contribution in [0.5, 0.6) is 5.75 Å². The number of fused-ring (bicyclic) bond motifs is 1. The molecule has 2 rings (SSSR count). The van der Waals surface area contributed by atoms with Crippen molar-refractivity contribution in [3.63, 3.8) is 0 Å². The lowest BCUT2D eigenvalue weighted by atomic mass is 10.1. The second kappa shape index (κ2) is 7.45. The van der Waals surface area contributed by atoms with Crippen LogP contribution in [0.25, 0.3) is 10.9 Å². The number of nitrogens with two attached hydrogens (primary N) is 1. The second-order valence-electron chi connectivity index (χ2n) is 5.59. The Bertz CT molecular complexity index is 566. The third-order valence-electron chi connectivity index (χ3n) is 3.36. The molecule has 0 aliphatic heterocycles. The topological polar surface area (TPSA) is 83.3 Å². The molecule has 116 valence electrons.